The molecule has 1 N–H and O–H groups in total. The number of hydrogen-bond acceptors (Lipinski definition) is 5. The Morgan fingerprint density at radius 2 is 1.94 bits per heavy atom. The molecule has 0 aliphatic carbocycles. The highest BCUT2D eigenvalue weighted by Gasteiger charge is 2.29. The van der Waals surface area contributed by atoms with E-state index in [0.29, 0.717) is 25.2 Å². The number of benzene rings is 1. The number of anilines is 1. The van der Waals surface area contributed by atoms with Crippen LogP contribution in [0, 0.1) is 0 Å². The lowest BCUT2D eigenvalue weighted by molar-refractivity contribution is 0.0708. The Balaban J connectivity index is 1.67. The summed E-state index contributed by atoms with van der Waals surface area (Å²) in [5.74, 6) is 2.66. The summed E-state index contributed by atoms with van der Waals surface area (Å²) in [5.41, 5.74) is 2.39. The molecule has 0 fully saturated rings. The molecule has 0 bridgehead atoms. The molecule has 0 radical (unpaired) electrons. The van der Waals surface area contributed by atoms with Gasteiger partial charge in [-0.25, -0.2) is 4.98 Å². The summed E-state index contributed by atoms with van der Waals surface area (Å²) in [6.07, 6.45) is 3.45. The molecule has 3 aromatic rings. The summed E-state index contributed by atoms with van der Waals surface area (Å²) in [6, 6.07) is 7.91. The fourth-order valence-corrected chi connectivity index (χ4v) is 3.77. The van der Waals surface area contributed by atoms with Crippen LogP contribution in [0.5, 0.6) is 5.75 Å². The van der Waals surface area contributed by atoms with Crippen molar-refractivity contribution in [2.45, 2.75) is 52.9 Å². The van der Waals surface area contributed by atoms with Crippen molar-refractivity contribution in [2.24, 2.45) is 0 Å². The number of aromatic nitrogens is 4. The molecule has 1 aromatic carbocycles. The lowest BCUT2D eigenvalue weighted by Crippen LogP contribution is -2.39. The molecule has 4 rings (SSSR count). The molecule has 0 spiro atoms. The molecule has 0 saturated carbocycles. The second-order valence-electron chi connectivity index (χ2n) is 8.79. The minimum atomic E-state index is -0.125. The van der Waals surface area contributed by atoms with E-state index in [1.165, 1.54) is 0 Å². The molecule has 3 heterocycles. The molecule has 0 saturated heterocycles. The third-order valence-corrected chi connectivity index (χ3v) is 5.32. The van der Waals surface area contributed by atoms with Gasteiger partial charge in [0.2, 0.25) is 0 Å². The summed E-state index contributed by atoms with van der Waals surface area (Å²) < 4.78 is 9.26. The van der Waals surface area contributed by atoms with Gasteiger partial charge in [-0.2, -0.15) is 5.10 Å². The quantitative estimate of drug-likeness (QED) is 0.679. The van der Waals surface area contributed by atoms with Crippen LogP contribution in [0.25, 0.3) is 11.3 Å². The van der Waals surface area contributed by atoms with Crippen LogP contribution in [0.4, 0.5) is 5.82 Å². The monoisotopic (exact) mass is 422 g/mol. The van der Waals surface area contributed by atoms with E-state index in [4.69, 9.17) is 9.72 Å². The van der Waals surface area contributed by atoms with Crippen molar-refractivity contribution in [2.75, 3.05) is 19.0 Å². The van der Waals surface area contributed by atoms with E-state index in [0.717, 1.165) is 35.2 Å². The van der Waals surface area contributed by atoms with Crippen molar-refractivity contribution in [3.63, 3.8) is 0 Å². The summed E-state index contributed by atoms with van der Waals surface area (Å²) >= 11 is 0. The van der Waals surface area contributed by atoms with Crippen LogP contribution in [0.3, 0.4) is 0 Å². The molecule has 0 atom stereocenters. The summed E-state index contributed by atoms with van der Waals surface area (Å²) in [7, 11) is 1.66. The minimum absolute atomic E-state index is 0.00900. The molecule has 164 valence electrons. The molecule has 1 aliphatic rings. The third kappa shape index (κ3) is 4.28. The maximum Gasteiger partial charge on any atom is 0.257 e. The van der Waals surface area contributed by atoms with Crippen molar-refractivity contribution in [3.8, 4) is 17.0 Å². The average Bonchev–Trinajstić information content (AvgIpc) is 3.37. The zero-order valence-corrected chi connectivity index (χ0v) is 18.8. The van der Waals surface area contributed by atoms with E-state index in [1.807, 2.05) is 36.1 Å². The lowest BCUT2D eigenvalue weighted by Gasteiger charge is -2.30. The first-order valence-corrected chi connectivity index (χ1v) is 10.6. The number of aryl methyl sites for hydroxylation is 1. The molecular formula is C23H30N6O2. The molecule has 31 heavy (non-hydrogen) atoms. The van der Waals surface area contributed by atoms with Gasteiger partial charge in [0.05, 0.1) is 25.4 Å². The summed E-state index contributed by atoms with van der Waals surface area (Å²) in [4.78, 5) is 19.8. The number of nitrogens with one attached hydrogen (secondary N) is 1. The van der Waals surface area contributed by atoms with Crippen LogP contribution >= 0.6 is 0 Å². The van der Waals surface area contributed by atoms with Crippen LogP contribution in [-0.4, -0.2) is 49.3 Å². The Morgan fingerprint density at radius 3 is 2.55 bits per heavy atom. The first-order chi connectivity index (χ1) is 14.8. The number of rotatable bonds is 5. The maximum absolute atomic E-state index is 13.0. The van der Waals surface area contributed by atoms with Gasteiger partial charge in [0.15, 0.2) is 0 Å². The number of amides is 1. The van der Waals surface area contributed by atoms with Gasteiger partial charge >= 0.3 is 0 Å². The van der Waals surface area contributed by atoms with Gasteiger partial charge in [0.1, 0.15) is 23.1 Å². The predicted octanol–water partition coefficient (Wildman–Crippen LogP) is 3.64. The van der Waals surface area contributed by atoms with Crippen molar-refractivity contribution < 1.29 is 9.53 Å². The number of methoxy groups -OCH3 is 1. The minimum Gasteiger partial charge on any atom is -0.497 e. The van der Waals surface area contributed by atoms with Gasteiger partial charge in [-0.1, -0.05) is 0 Å². The number of hydrogen-bond donors (Lipinski definition) is 1. The van der Waals surface area contributed by atoms with Crippen LogP contribution in [-0.2, 0) is 19.6 Å². The zero-order valence-electron chi connectivity index (χ0n) is 18.8. The number of fused-ring (bicyclic) bond motifs is 1. The number of carbonyl (C=O) groups excluding carboxylic acids is 1. The lowest BCUT2D eigenvalue weighted by atomic mass is 10.1. The second-order valence-corrected chi connectivity index (χ2v) is 8.79. The van der Waals surface area contributed by atoms with Crippen LogP contribution < -0.4 is 10.1 Å². The summed E-state index contributed by atoms with van der Waals surface area (Å²) in [6.45, 7) is 10.9. The van der Waals surface area contributed by atoms with E-state index in [2.05, 4.69) is 35.8 Å². The number of carbonyl (C=O) groups is 1. The Morgan fingerprint density at radius 1 is 1.19 bits per heavy atom. The Hall–Kier alpha value is -3.29. The molecule has 1 amide bonds. The van der Waals surface area contributed by atoms with E-state index in [-0.39, 0.29) is 11.4 Å². The van der Waals surface area contributed by atoms with Gasteiger partial charge in [-0.3, -0.25) is 9.48 Å². The first-order valence-electron chi connectivity index (χ1n) is 10.6. The van der Waals surface area contributed by atoms with Crippen molar-refractivity contribution in [1.29, 1.82) is 0 Å². The van der Waals surface area contributed by atoms with Crippen LogP contribution in [0.2, 0.25) is 0 Å². The van der Waals surface area contributed by atoms with Gasteiger partial charge in [-0.05, 0) is 52.0 Å². The average molecular weight is 423 g/mol. The van der Waals surface area contributed by atoms with Crippen LogP contribution in [0.1, 0.15) is 43.9 Å². The predicted molar refractivity (Wildman–Crippen MR) is 120 cm³/mol. The van der Waals surface area contributed by atoms with Gasteiger partial charge < -0.3 is 19.5 Å². The molecule has 8 heteroatoms. The largest absolute Gasteiger partial charge is 0.497 e. The van der Waals surface area contributed by atoms with E-state index in [9.17, 15) is 4.79 Å². The van der Waals surface area contributed by atoms with E-state index < -0.39 is 0 Å². The molecule has 8 nitrogen and oxygen atoms in total. The maximum atomic E-state index is 13.0. The first kappa shape index (κ1) is 21.0. The van der Waals surface area contributed by atoms with Crippen LogP contribution in [0.15, 0.2) is 36.7 Å². The van der Waals surface area contributed by atoms with Gasteiger partial charge in [0, 0.05) is 36.9 Å². The second kappa shape index (κ2) is 8.09. The fourth-order valence-electron chi connectivity index (χ4n) is 3.77. The molecule has 0 unspecified atom stereocenters. The Bertz CT molecular complexity index is 1070. The van der Waals surface area contributed by atoms with Gasteiger partial charge in [0.25, 0.3) is 5.91 Å². The number of imidazole rings is 1. The third-order valence-electron chi connectivity index (χ3n) is 5.32. The number of nitrogens with zero attached hydrogens (tertiary/aromatic N) is 5. The van der Waals surface area contributed by atoms with Crippen molar-refractivity contribution in [3.05, 3.63) is 48.0 Å². The zero-order chi connectivity index (χ0) is 22.2. The summed E-state index contributed by atoms with van der Waals surface area (Å²) in [5, 5.41) is 7.86. The Kier molecular flexibility index (Phi) is 5.47. The van der Waals surface area contributed by atoms with Gasteiger partial charge in [-0.15, -0.1) is 0 Å². The Labute approximate surface area is 182 Å². The van der Waals surface area contributed by atoms with Crippen molar-refractivity contribution >= 4 is 11.7 Å². The van der Waals surface area contributed by atoms with E-state index >= 15 is 0 Å². The van der Waals surface area contributed by atoms with Crippen molar-refractivity contribution in [1.82, 2.24) is 24.2 Å². The topological polar surface area (TPSA) is 77.2 Å². The highest BCUT2D eigenvalue weighted by molar-refractivity contribution is 5.93. The highest BCUT2D eigenvalue weighted by Crippen LogP contribution is 2.33. The normalized spacial score (nSPS) is 13.8. The fraction of sp³-hybridized carbons (Fsp3) is 0.435. The molecule has 1 aliphatic heterocycles. The smallest absolute Gasteiger partial charge is 0.257 e. The highest BCUT2D eigenvalue weighted by atomic mass is 16.5. The molecular weight excluding hydrogens is 392 g/mol. The van der Waals surface area contributed by atoms with E-state index in [1.54, 1.807) is 24.2 Å². The SMILES string of the molecule is CCn1cc(C(=O)N2CCn3c(nc(-c4ccc(OC)cc4)c3NC(C)(C)C)C2)cn1. The standard InChI is InChI=1S/C23H30N6O2/c1-6-28-14-17(13-24-28)22(30)27-11-12-29-19(15-27)25-20(21(29)26-23(2,3)4)16-7-9-18(31-5)10-8-16/h7-10,13-14,26H,6,11-12,15H2,1-5H3. The molecule has 2 aromatic heterocycles. The number of ether oxygens (including phenoxy) is 1.